The molecule has 2 aromatic rings. The van der Waals surface area contributed by atoms with Crippen LogP contribution < -0.4 is 5.32 Å². The molecule has 0 aliphatic carbocycles. The van der Waals surface area contributed by atoms with Gasteiger partial charge in [-0.15, -0.1) is 5.01 Å². The van der Waals surface area contributed by atoms with E-state index in [4.69, 9.17) is 0 Å². The van der Waals surface area contributed by atoms with E-state index in [-0.39, 0.29) is 5.69 Å². The van der Waals surface area contributed by atoms with E-state index in [1.807, 2.05) is 13.0 Å². The molecule has 8 heteroatoms. The Hall–Kier alpha value is -3.55. The van der Waals surface area contributed by atoms with Crippen molar-refractivity contribution in [2.75, 3.05) is 0 Å². The number of hydrazone groups is 1. The third kappa shape index (κ3) is 3.17. The van der Waals surface area contributed by atoms with Crippen molar-refractivity contribution in [2.45, 2.75) is 25.8 Å². The van der Waals surface area contributed by atoms with E-state index in [0.717, 1.165) is 5.01 Å². The van der Waals surface area contributed by atoms with E-state index < -0.39 is 22.4 Å². The Kier molecular flexibility index (Phi) is 4.72. The molecule has 1 atom stereocenters. The molecule has 0 aromatic heterocycles. The fourth-order valence-electron chi connectivity index (χ4n) is 3.06. The van der Waals surface area contributed by atoms with E-state index in [1.165, 1.54) is 12.3 Å². The van der Waals surface area contributed by atoms with Crippen LogP contribution in [-0.2, 0) is 10.3 Å². The van der Waals surface area contributed by atoms with Crippen LogP contribution in [0, 0.1) is 17.0 Å². The van der Waals surface area contributed by atoms with Crippen molar-refractivity contribution >= 4 is 23.8 Å². The molecule has 0 unspecified atom stereocenters. The maximum absolute atomic E-state index is 12.9. The Bertz CT molecular complexity index is 942. The molecule has 1 N–H and O–H groups in total. The molecule has 1 aliphatic rings. The first-order valence-electron chi connectivity index (χ1n) is 8.40. The van der Waals surface area contributed by atoms with Gasteiger partial charge in [0.05, 0.1) is 11.1 Å². The monoisotopic (exact) mass is 366 g/mol. The SMILES string of the molecule is CC[C@]1(c2ccccc2)NC(=O)N(/N=C\c2ccc(C)c([N+](=O)[O-])c2)C1=O. The predicted octanol–water partition coefficient (Wildman–Crippen LogP) is 3.09. The normalized spacial score (nSPS) is 19.6. The van der Waals surface area contributed by atoms with Crippen LogP contribution in [0.15, 0.2) is 53.6 Å². The summed E-state index contributed by atoms with van der Waals surface area (Å²) in [7, 11) is 0. The number of benzene rings is 2. The summed E-state index contributed by atoms with van der Waals surface area (Å²) in [5, 5.41) is 18.5. The van der Waals surface area contributed by atoms with Gasteiger partial charge in [0.1, 0.15) is 5.54 Å². The van der Waals surface area contributed by atoms with Gasteiger partial charge in [-0.25, -0.2) is 4.79 Å². The number of aryl methyl sites for hydroxylation is 1. The number of carbonyl (C=O) groups is 2. The third-order valence-corrected chi connectivity index (χ3v) is 4.62. The van der Waals surface area contributed by atoms with E-state index in [9.17, 15) is 19.7 Å². The Morgan fingerprint density at radius 1 is 1.22 bits per heavy atom. The number of nitro benzene ring substituents is 1. The first-order valence-corrected chi connectivity index (χ1v) is 8.40. The molecule has 0 saturated carbocycles. The Labute approximate surface area is 155 Å². The number of rotatable bonds is 5. The summed E-state index contributed by atoms with van der Waals surface area (Å²) >= 11 is 0. The molecular weight excluding hydrogens is 348 g/mol. The van der Waals surface area contributed by atoms with Crippen molar-refractivity contribution in [3.63, 3.8) is 0 Å². The Balaban J connectivity index is 1.91. The zero-order chi connectivity index (χ0) is 19.6. The Morgan fingerprint density at radius 2 is 1.93 bits per heavy atom. The van der Waals surface area contributed by atoms with Crippen LogP contribution in [0.25, 0.3) is 0 Å². The molecule has 1 saturated heterocycles. The van der Waals surface area contributed by atoms with Crippen LogP contribution in [0.2, 0.25) is 0 Å². The van der Waals surface area contributed by atoms with Gasteiger partial charge in [-0.2, -0.15) is 5.10 Å². The highest BCUT2D eigenvalue weighted by Gasteiger charge is 2.51. The largest absolute Gasteiger partial charge is 0.346 e. The third-order valence-electron chi connectivity index (χ3n) is 4.62. The van der Waals surface area contributed by atoms with Gasteiger partial charge in [0.15, 0.2) is 0 Å². The number of hydrogen-bond donors (Lipinski definition) is 1. The number of carbonyl (C=O) groups excluding carboxylic acids is 2. The molecular formula is C19H18N4O4. The molecule has 8 nitrogen and oxygen atoms in total. The van der Waals surface area contributed by atoms with Gasteiger partial charge in [0.25, 0.3) is 11.6 Å². The molecule has 27 heavy (non-hydrogen) atoms. The highest BCUT2D eigenvalue weighted by molar-refractivity contribution is 6.07. The molecule has 3 rings (SSSR count). The lowest BCUT2D eigenvalue weighted by Crippen LogP contribution is -2.43. The van der Waals surface area contributed by atoms with Crippen molar-refractivity contribution in [1.82, 2.24) is 10.3 Å². The summed E-state index contributed by atoms with van der Waals surface area (Å²) in [4.78, 5) is 35.9. The average molecular weight is 366 g/mol. The zero-order valence-corrected chi connectivity index (χ0v) is 14.9. The maximum Gasteiger partial charge on any atom is 0.346 e. The zero-order valence-electron chi connectivity index (χ0n) is 14.9. The second-order valence-corrected chi connectivity index (χ2v) is 6.22. The minimum atomic E-state index is -1.17. The number of urea groups is 1. The highest BCUT2D eigenvalue weighted by atomic mass is 16.6. The topological polar surface area (TPSA) is 105 Å². The first-order chi connectivity index (χ1) is 12.9. The molecule has 138 valence electrons. The van der Waals surface area contributed by atoms with E-state index >= 15 is 0 Å². The lowest BCUT2D eigenvalue weighted by Gasteiger charge is -2.24. The number of nitro groups is 1. The molecule has 1 heterocycles. The fraction of sp³-hybridized carbons (Fsp3) is 0.211. The van der Waals surface area contributed by atoms with Crippen molar-refractivity contribution < 1.29 is 14.5 Å². The average Bonchev–Trinajstić information content (AvgIpc) is 2.92. The van der Waals surface area contributed by atoms with Gasteiger partial charge >= 0.3 is 6.03 Å². The summed E-state index contributed by atoms with van der Waals surface area (Å²) in [6.45, 7) is 3.44. The maximum atomic E-state index is 12.9. The fourth-order valence-corrected chi connectivity index (χ4v) is 3.06. The molecule has 1 fully saturated rings. The summed E-state index contributed by atoms with van der Waals surface area (Å²) in [5.41, 5.74) is 0.385. The van der Waals surface area contributed by atoms with Crippen molar-refractivity contribution in [3.05, 3.63) is 75.3 Å². The minimum Gasteiger partial charge on any atom is -0.318 e. The van der Waals surface area contributed by atoms with Gasteiger partial charge < -0.3 is 5.32 Å². The van der Waals surface area contributed by atoms with Crippen molar-refractivity contribution in [2.24, 2.45) is 5.10 Å². The lowest BCUT2D eigenvalue weighted by atomic mass is 9.87. The Morgan fingerprint density at radius 3 is 2.56 bits per heavy atom. The molecule has 0 spiro atoms. The van der Waals surface area contributed by atoms with Crippen LogP contribution in [0.3, 0.4) is 0 Å². The minimum absolute atomic E-state index is 0.0525. The standard InChI is InChI=1S/C19H18N4O4/c1-3-19(15-7-5-4-6-8-15)17(24)22(18(25)21-19)20-12-14-10-9-13(2)16(11-14)23(26)27/h4-12H,3H2,1-2H3,(H,21,25)/b20-12-/t19-/m1/s1. The van der Waals surface area contributed by atoms with Gasteiger partial charge in [0.2, 0.25) is 0 Å². The lowest BCUT2D eigenvalue weighted by molar-refractivity contribution is -0.385. The van der Waals surface area contributed by atoms with Gasteiger partial charge in [-0.3, -0.25) is 14.9 Å². The van der Waals surface area contributed by atoms with Crippen LogP contribution in [0.4, 0.5) is 10.5 Å². The number of amides is 3. The molecule has 2 aromatic carbocycles. The summed E-state index contributed by atoms with van der Waals surface area (Å²) in [5.74, 6) is -0.487. The molecule has 0 radical (unpaired) electrons. The van der Waals surface area contributed by atoms with E-state index in [1.54, 1.807) is 43.3 Å². The summed E-state index contributed by atoms with van der Waals surface area (Å²) < 4.78 is 0. The quantitative estimate of drug-likeness (QED) is 0.380. The van der Waals surface area contributed by atoms with Crippen LogP contribution in [-0.4, -0.2) is 28.1 Å². The van der Waals surface area contributed by atoms with Crippen LogP contribution in [0.5, 0.6) is 0 Å². The van der Waals surface area contributed by atoms with E-state index in [2.05, 4.69) is 10.4 Å². The van der Waals surface area contributed by atoms with Gasteiger partial charge in [-0.1, -0.05) is 49.4 Å². The molecule has 3 amide bonds. The summed E-state index contributed by atoms with van der Waals surface area (Å²) in [6.07, 6.45) is 1.63. The number of nitrogens with zero attached hydrogens (tertiary/aromatic N) is 3. The van der Waals surface area contributed by atoms with E-state index in [0.29, 0.717) is 23.1 Å². The van der Waals surface area contributed by atoms with Crippen molar-refractivity contribution in [1.29, 1.82) is 0 Å². The van der Waals surface area contributed by atoms with Crippen molar-refractivity contribution in [3.8, 4) is 0 Å². The molecule has 1 aliphatic heterocycles. The van der Waals surface area contributed by atoms with Gasteiger partial charge in [0, 0.05) is 17.2 Å². The van der Waals surface area contributed by atoms with Crippen LogP contribution >= 0.6 is 0 Å². The van der Waals surface area contributed by atoms with Crippen LogP contribution in [0.1, 0.15) is 30.0 Å². The highest BCUT2D eigenvalue weighted by Crippen LogP contribution is 2.32. The van der Waals surface area contributed by atoms with Gasteiger partial charge in [-0.05, 0) is 18.9 Å². The molecule has 0 bridgehead atoms. The first kappa shape index (κ1) is 18.2. The number of hydrogen-bond acceptors (Lipinski definition) is 5. The number of imide groups is 1. The summed E-state index contributed by atoms with van der Waals surface area (Å²) in [6, 6.07) is 12.9. The second kappa shape index (κ2) is 6.99. The second-order valence-electron chi connectivity index (χ2n) is 6.22. The number of nitrogens with one attached hydrogen (secondary N) is 1. The predicted molar refractivity (Wildman–Crippen MR) is 99.2 cm³/mol. The smallest absolute Gasteiger partial charge is 0.318 e.